The maximum Gasteiger partial charge on any atom is 0.106 e. The van der Waals surface area contributed by atoms with E-state index in [1.165, 1.54) is 11.1 Å². The molecule has 2 aromatic rings. The van der Waals surface area contributed by atoms with Gasteiger partial charge in [0.15, 0.2) is 0 Å². The lowest BCUT2D eigenvalue weighted by Gasteiger charge is -2.13. The molecule has 0 aliphatic rings. The fourth-order valence-corrected chi connectivity index (χ4v) is 2.08. The molecular weight excluding hydrogens is 254 g/mol. The Morgan fingerprint density at radius 3 is 2.79 bits per heavy atom. The van der Waals surface area contributed by atoms with Gasteiger partial charge >= 0.3 is 0 Å². The van der Waals surface area contributed by atoms with Gasteiger partial charge in [-0.05, 0) is 43.2 Å². The van der Waals surface area contributed by atoms with Crippen molar-refractivity contribution in [3.63, 3.8) is 0 Å². The van der Waals surface area contributed by atoms with Crippen LogP contribution in [0.3, 0.4) is 0 Å². The van der Waals surface area contributed by atoms with Crippen LogP contribution < -0.4 is 11.1 Å². The molecule has 1 aromatic carbocycles. The lowest BCUT2D eigenvalue weighted by molar-refractivity contribution is 1.09. The Labute approximate surface area is 118 Å². The van der Waals surface area contributed by atoms with Gasteiger partial charge in [-0.15, -0.1) is 0 Å². The zero-order chi connectivity index (χ0) is 13.8. The van der Waals surface area contributed by atoms with E-state index in [0.717, 1.165) is 23.4 Å². The summed E-state index contributed by atoms with van der Waals surface area (Å²) in [4.78, 5) is 4.50. The molecule has 1 heterocycles. The number of aromatic nitrogens is 1. The monoisotopic (exact) mass is 271 g/mol. The van der Waals surface area contributed by atoms with Crippen LogP contribution in [-0.4, -0.2) is 9.97 Å². The number of anilines is 1. The maximum absolute atomic E-state index is 5.76. The molecule has 19 heavy (non-hydrogen) atoms. The molecule has 0 amide bonds. The summed E-state index contributed by atoms with van der Waals surface area (Å²) >= 11 is 5.09. The van der Waals surface area contributed by atoms with Crippen molar-refractivity contribution in [3.8, 4) is 0 Å². The van der Waals surface area contributed by atoms with E-state index in [0.29, 0.717) is 4.99 Å². The minimum absolute atomic E-state index is 0.414. The summed E-state index contributed by atoms with van der Waals surface area (Å²) in [5, 5.41) is 3.38. The zero-order valence-electron chi connectivity index (χ0n) is 11.1. The van der Waals surface area contributed by atoms with Crippen molar-refractivity contribution in [2.24, 2.45) is 5.73 Å². The third-order valence-corrected chi connectivity index (χ3v) is 3.27. The Hall–Kier alpha value is -1.94. The Bertz CT molecular complexity index is 608. The first-order chi connectivity index (χ1) is 9.08. The highest BCUT2D eigenvalue weighted by Crippen LogP contribution is 2.18. The number of rotatable bonds is 4. The van der Waals surface area contributed by atoms with Gasteiger partial charge in [-0.3, -0.25) is 4.98 Å². The minimum Gasteiger partial charge on any atom is -0.389 e. The summed E-state index contributed by atoms with van der Waals surface area (Å²) in [5.74, 6) is 0. The summed E-state index contributed by atoms with van der Waals surface area (Å²) in [6.45, 7) is 4.80. The maximum atomic E-state index is 5.76. The number of aryl methyl sites for hydroxylation is 2. The van der Waals surface area contributed by atoms with E-state index in [4.69, 9.17) is 18.0 Å². The van der Waals surface area contributed by atoms with Crippen LogP contribution in [0.15, 0.2) is 36.7 Å². The SMILES string of the molecule is Cc1ccc(NCc2ccncc2C)c(C(N)=S)c1. The second kappa shape index (κ2) is 5.80. The van der Waals surface area contributed by atoms with E-state index in [-0.39, 0.29) is 0 Å². The summed E-state index contributed by atoms with van der Waals surface area (Å²) in [6.07, 6.45) is 3.66. The molecular formula is C15H17N3S. The molecule has 2 rings (SSSR count). The number of pyridine rings is 1. The van der Waals surface area contributed by atoms with E-state index in [1.54, 1.807) is 6.20 Å². The molecule has 0 unspecified atom stereocenters. The number of hydrogen-bond donors (Lipinski definition) is 2. The third kappa shape index (κ3) is 3.29. The largest absolute Gasteiger partial charge is 0.389 e. The summed E-state index contributed by atoms with van der Waals surface area (Å²) in [5.41, 5.74) is 11.1. The molecule has 0 spiro atoms. The third-order valence-electron chi connectivity index (χ3n) is 3.05. The fraction of sp³-hybridized carbons (Fsp3) is 0.200. The van der Waals surface area contributed by atoms with Gasteiger partial charge < -0.3 is 11.1 Å². The molecule has 4 heteroatoms. The Morgan fingerprint density at radius 1 is 1.32 bits per heavy atom. The van der Waals surface area contributed by atoms with Crippen LogP contribution >= 0.6 is 12.2 Å². The molecule has 0 fully saturated rings. The van der Waals surface area contributed by atoms with Gasteiger partial charge in [0.25, 0.3) is 0 Å². The second-order valence-electron chi connectivity index (χ2n) is 4.57. The standard InChI is InChI=1S/C15H17N3S/c1-10-3-4-14(13(7-10)15(16)19)18-9-12-5-6-17-8-11(12)2/h3-8,18H,9H2,1-2H3,(H2,16,19). The van der Waals surface area contributed by atoms with E-state index >= 15 is 0 Å². The van der Waals surface area contributed by atoms with Crippen LogP contribution in [0.5, 0.6) is 0 Å². The number of nitrogens with one attached hydrogen (secondary N) is 1. The smallest absolute Gasteiger partial charge is 0.106 e. The van der Waals surface area contributed by atoms with Crippen molar-refractivity contribution in [2.75, 3.05) is 5.32 Å². The van der Waals surface area contributed by atoms with E-state index in [1.807, 2.05) is 44.3 Å². The van der Waals surface area contributed by atoms with Crippen LogP contribution in [0.25, 0.3) is 0 Å². The van der Waals surface area contributed by atoms with Crippen molar-refractivity contribution in [1.82, 2.24) is 4.98 Å². The molecule has 0 saturated carbocycles. The summed E-state index contributed by atoms with van der Waals surface area (Å²) in [6, 6.07) is 8.07. The second-order valence-corrected chi connectivity index (χ2v) is 5.01. The minimum atomic E-state index is 0.414. The van der Waals surface area contributed by atoms with Crippen molar-refractivity contribution < 1.29 is 0 Å². The average molecular weight is 271 g/mol. The average Bonchev–Trinajstić information content (AvgIpc) is 2.38. The van der Waals surface area contributed by atoms with Gasteiger partial charge in [-0.2, -0.15) is 0 Å². The number of benzene rings is 1. The Balaban J connectivity index is 2.20. The fourth-order valence-electron chi connectivity index (χ4n) is 1.91. The number of nitrogens with two attached hydrogens (primary N) is 1. The van der Waals surface area contributed by atoms with Gasteiger partial charge in [0.2, 0.25) is 0 Å². The van der Waals surface area contributed by atoms with Crippen molar-refractivity contribution in [3.05, 3.63) is 58.9 Å². The first-order valence-electron chi connectivity index (χ1n) is 6.12. The van der Waals surface area contributed by atoms with Gasteiger partial charge in [-0.25, -0.2) is 0 Å². The van der Waals surface area contributed by atoms with Crippen LogP contribution in [-0.2, 0) is 6.54 Å². The molecule has 0 aliphatic carbocycles. The van der Waals surface area contributed by atoms with E-state index in [2.05, 4.69) is 10.3 Å². The van der Waals surface area contributed by atoms with Gasteiger partial charge in [0, 0.05) is 30.2 Å². The molecule has 98 valence electrons. The topological polar surface area (TPSA) is 50.9 Å². The van der Waals surface area contributed by atoms with Gasteiger partial charge in [0.1, 0.15) is 4.99 Å². The summed E-state index contributed by atoms with van der Waals surface area (Å²) in [7, 11) is 0. The molecule has 0 bridgehead atoms. The van der Waals surface area contributed by atoms with Crippen LogP contribution in [0.1, 0.15) is 22.3 Å². The molecule has 3 nitrogen and oxygen atoms in total. The Kier molecular flexibility index (Phi) is 4.12. The van der Waals surface area contributed by atoms with Crippen LogP contribution in [0.4, 0.5) is 5.69 Å². The van der Waals surface area contributed by atoms with Crippen LogP contribution in [0, 0.1) is 13.8 Å². The van der Waals surface area contributed by atoms with Crippen molar-refractivity contribution >= 4 is 22.9 Å². The summed E-state index contributed by atoms with van der Waals surface area (Å²) < 4.78 is 0. The molecule has 1 aromatic heterocycles. The molecule has 0 radical (unpaired) electrons. The van der Waals surface area contributed by atoms with Crippen molar-refractivity contribution in [2.45, 2.75) is 20.4 Å². The Morgan fingerprint density at radius 2 is 2.11 bits per heavy atom. The van der Waals surface area contributed by atoms with Gasteiger partial charge in [0.05, 0.1) is 0 Å². The number of nitrogens with zero attached hydrogens (tertiary/aromatic N) is 1. The molecule has 3 N–H and O–H groups in total. The number of thiocarbonyl (C=S) groups is 1. The first-order valence-corrected chi connectivity index (χ1v) is 6.52. The highest BCUT2D eigenvalue weighted by atomic mass is 32.1. The van der Waals surface area contributed by atoms with E-state index in [9.17, 15) is 0 Å². The van der Waals surface area contributed by atoms with E-state index < -0.39 is 0 Å². The zero-order valence-corrected chi connectivity index (χ0v) is 11.9. The van der Waals surface area contributed by atoms with Crippen LogP contribution in [0.2, 0.25) is 0 Å². The highest BCUT2D eigenvalue weighted by molar-refractivity contribution is 7.80. The van der Waals surface area contributed by atoms with Gasteiger partial charge in [-0.1, -0.05) is 23.8 Å². The lowest BCUT2D eigenvalue weighted by atomic mass is 10.1. The predicted molar refractivity (Wildman–Crippen MR) is 83.4 cm³/mol. The lowest BCUT2D eigenvalue weighted by Crippen LogP contribution is -2.13. The highest BCUT2D eigenvalue weighted by Gasteiger charge is 2.06. The molecule has 0 atom stereocenters. The normalized spacial score (nSPS) is 10.2. The predicted octanol–water partition coefficient (Wildman–Crippen LogP) is 2.94. The quantitative estimate of drug-likeness (QED) is 0.839. The number of hydrogen-bond acceptors (Lipinski definition) is 3. The molecule has 0 aliphatic heterocycles. The van der Waals surface area contributed by atoms with Crippen molar-refractivity contribution in [1.29, 1.82) is 0 Å². The first kappa shape index (κ1) is 13.5. The molecule has 0 saturated heterocycles.